The number of guanidine groups is 1. The van der Waals surface area contributed by atoms with Crippen molar-refractivity contribution in [2.75, 3.05) is 19.6 Å². The van der Waals surface area contributed by atoms with Crippen LogP contribution in [0.1, 0.15) is 30.4 Å². The second-order valence-corrected chi connectivity index (χ2v) is 5.45. The van der Waals surface area contributed by atoms with Crippen LogP contribution in [0.5, 0.6) is 0 Å². The Morgan fingerprint density at radius 2 is 1.82 bits per heavy atom. The van der Waals surface area contributed by atoms with Crippen LogP contribution in [0.25, 0.3) is 0 Å². The number of carbonyl (C=O) groups is 1. The van der Waals surface area contributed by atoms with Crippen molar-refractivity contribution in [3.05, 3.63) is 35.4 Å². The van der Waals surface area contributed by atoms with Gasteiger partial charge in [-0.3, -0.25) is 10.7 Å². The molecule has 0 radical (unpaired) electrons. The van der Waals surface area contributed by atoms with Crippen molar-refractivity contribution in [3.63, 3.8) is 0 Å². The zero-order valence-corrected chi connectivity index (χ0v) is 12.8. The van der Waals surface area contributed by atoms with Gasteiger partial charge in [0.15, 0.2) is 0 Å². The summed E-state index contributed by atoms with van der Waals surface area (Å²) in [5.74, 6) is 0.128. The van der Waals surface area contributed by atoms with E-state index in [1.54, 1.807) is 0 Å². The Hall–Kier alpha value is -2.08. The minimum absolute atomic E-state index is 0.128. The summed E-state index contributed by atoms with van der Waals surface area (Å²) in [7, 11) is 0. The Bertz CT molecular complexity index is 495. The molecule has 1 saturated heterocycles. The van der Waals surface area contributed by atoms with E-state index < -0.39 is 6.09 Å². The van der Waals surface area contributed by atoms with Crippen LogP contribution in [0.4, 0.5) is 4.79 Å². The molecule has 1 heterocycles. The molecular weight excluding hydrogens is 280 g/mol. The van der Waals surface area contributed by atoms with Crippen molar-refractivity contribution in [1.82, 2.24) is 10.2 Å². The van der Waals surface area contributed by atoms with Gasteiger partial charge in [-0.15, -0.1) is 0 Å². The molecule has 22 heavy (non-hydrogen) atoms. The van der Waals surface area contributed by atoms with Crippen LogP contribution >= 0.6 is 0 Å². The average molecular weight is 304 g/mol. The molecule has 6 heteroatoms. The van der Waals surface area contributed by atoms with E-state index in [4.69, 9.17) is 15.9 Å². The maximum atomic E-state index is 11.7. The number of hydrogen-bond donors (Lipinski definition) is 3. The van der Waals surface area contributed by atoms with Gasteiger partial charge in [0, 0.05) is 13.1 Å². The van der Waals surface area contributed by atoms with E-state index in [2.05, 4.69) is 5.32 Å². The summed E-state index contributed by atoms with van der Waals surface area (Å²) in [6.07, 6.45) is 3.58. The standard InChI is InChI=1S/C16H24N4O2/c17-9-8-13-4-6-14(7-5-13)12-22-16(21)19-15(18)20-10-2-1-3-11-20/h4-7H,1-3,8-12,17H2,(H2,18,19,21). The van der Waals surface area contributed by atoms with E-state index in [1.165, 1.54) is 12.0 Å². The summed E-state index contributed by atoms with van der Waals surface area (Å²) in [5, 5.41) is 10.4. The second kappa shape index (κ2) is 8.38. The second-order valence-electron chi connectivity index (χ2n) is 5.45. The van der Waals surface area contributed by atoms with Gasteiger partial charge < -0.3 is 15.4 Å². The molecule has 0 atom stereocenters. The van der Waals surface area contributed by atoms with Crippen molar-refractivity contribution >= 4 is 12.1 Å². The monoisotopic (exact) mass is 304 g/mol. The van der Waals surface area contributed by atoms with Gasteiger partial charge in [0.1, 0.15) is 6.61 Å². The SMILES string of the molecule is N=C(NC(=O)OCc1ccc(CCN)cc1)N1CCCCC1. The van der Waals surface area contributed by atoms with Crippen LogP contribution < -0.4 is 11.1 Å². The summed E-state index contributed by atoms with van der Waals surface area (Å²) in [5.41, 5.74) is 7.59. The summed E-state index contributed by atoms with van der Waals surface area (Å²) in [6, 6.07) is 7.82. The first-order valence-corrected chi connectivity index (χ1v) is 7.74. The third-order valence-corrected chi connectivity index (χ3v) is 3.72. The Labute approximate surface area is 131 Å². The van der Waals surface area contributed by atoms with Gasteiger partial charge in [0.05, 0.1) is 0 Å². The molecule has 0 aromatic heterocycles. The number of likely N-dealkylation sites (tertiary alicyclic amines) is 1. The molecule has 0 bridgehead atoms. The van der Waals surface area contributed by atoms with Gasteiger partial charge in [0.2, 0.25) is 5.96 Å². The van der Waals surface area contributed by atoms with Crippen LogP contribution in [0.15, 0.2) is 24.3 Å². The van der Waals surface area contributed by atoms with Gasteiger partial charge in [-0.25, -0.2) is 4.79 Å². The Balaban J connectivity index is 1.73. The van der Waals surface area contributed by atoms with Gasteiger partial charge in [0.25, 0.3) is 0 Å². The molecule has 0 saturated carbocycles. The van der Waals surface area contributed by atoms with E-state index in [0.717, 1.165) is 37.9 Å². The molecular formula is C16H24N4O2. The number of carbonyl (C=O) groups excluding carboxylic acids is 1. The van der Waals surface area contributed by atoms with Crippen LogP contribution in [0.2, 0.25) is 0 Å². The number of nitrogens with zero attached hydrogens (tertiary/aromatic N) is 1. The highest BCUT2D eigenvalue weighted by molar-refractivity contribution is 5.92. The van der Waals surface area contributed by atoms with Gasteiger partial charge in [-0.1, -0.05) is 24.3 Å². The summed E-state index contributed by atoms with van der Waals surface area (Å²) >= 11 is 0. The molecule has 6 nitrogen and oxygen atoms in total. The molecule has 1 aromatic carbocycles. The third-order valence-electron chi connectivity index (χ3n) is 3.72. The van der Waals surface area contributed by atoms with Crippen LogP contribution in [-0.4, -0.2) is 36.6 Å². The summed E-state index contributed by atoms with van der Waals surface area (Å²) < 4.78 is 5.15. The third kappa shape index (κ3) is 5.04. The Morgan fingerprint density at radius 3 is 2.45 bits per heavy atom. The fourth-order valence-electron chi connectivity index (χ4n) is 2.45. The summed E-state index contributed by atoms with van der Waals surface area (Å²) in [4.78, 5) is 13.6. The van der Waals surface area contributed by atoms with Gasteiger partial charge in [-0.2, -0.15) is 0 Å². The number of benzene rings is 1. The zero-order chi connectivity index (χ0) is 15.8. The van der Waals surface area contributed by atoms with Crippen molar-refractivity contribution in [2.45, 2.75) is 32.3 Å². The molecule has 0 unspecified atom stereocenters. The molecule has 1 fully saturated rings. The number of piperidine rings is 1. The van der Waals surface area contributed by atoms with E-state index in [-0.39, 0.29) is 12.6 Å². The minimum atomic E-state index is -0.582. The molecule has 4 N–H and O–H groups in total. The number of rotatable bonds is 4. The van der Waals surface area contributed by atoms with E-state index in [0.29, 0.717) is 6.54 Å². The molecule has 120 valence electrons. The first-order chi connectivity index (χ1) is 10.7. The summed E-state index contributed by atoms with van der Waals surface area (Å²) in [6.45, 7) is 2.46. The predicted octanol–water partition coefficient (Wildman–Crippen LogP) is 1.83. The van der Waals surface area contributed by atoms with Crippen LogP contribution in [-0.2, 0) is 17.8 Å². The van der Waals surface area contributed by atoms with Crippen molar-refractivity contribution in [2.24, 2.45) is 5.73 Å². The fourth-order valence-corrected chi connectivity index (χ4v) is 2.45. The molecule has 1 aliphatic rings. The molecule has 1 amide bonds. The largest absolute Gasteiger partial charge is 0.444 e. The molecule has 1 aliphatic heterocycles. The number of nitrogens with one attached hydrogen (secondary N) is 2. The van der Waals surface area contributed by atoms with Crippen molar-refractivity contribution in [3.8, 4) is 0 Å². The topological polar surface area (TPSA) is 91.4 Å². The highest BCUT2D eigenvalue weighted by Crippen LogP contribution is 2.08. The van der Waals surface area contributed by atoms with Gasteiger partial charge >= 0.3 is 6.09 Å². The highest BCUT2D eigenvalue weighted by Gasteiger charge is 2.15. The predicted molar refractivity (Wildman–Crippen MR) is 85.7 cm³/mol. The molecule has 1 aromatic rings. The molecule has 2 rings (SSSR count). The Kier molecular flexibility index (Phi) is 6.21. The average Bonchev–Trinajstić information content (AvgIpc) is 2.55. The first-order valence-electron chi connectivity index (χ1n) is 7.74. The number of ether oxygens (including phenoxy) is 1. The number of alkyl carbamates (subject to hydrolysis) is 1. The lowest BCUT2D eigenvalue weighted by atomic mass is 10.1. The van der Waals surface area contributed by atoms with Crippen LogP contribution in [0, 0.1) is 5.41 Å². The maximum Gasteiger partial charge on any atom is 0.414 e. The van der Waals surface area contributed by atoms with Crippen molar-refractivity contribution < 1.29 is 9.53 Å². The lowest BCUT2D eigenvalue weighted by molar-refractivity contribution is 0.143. The van der Waals surface area contributed by atoms with Crippen LogP contribution in [0.3, 0.4) is 0 Å². The van der Waals surface area contributed by atoms with E-state index in [9.17, 15) is 4.79 Å². The zero-order valence-electron chi connectivity index (χ0n) is 12.8. The number of hydrogen-bond acceptors (Lipinski definition) is 4. The van der Waals surface area contributed by atoms with E-state index >= 15 is 0 Å². The lowest BCUT2D eigenvalue weighted by Crippen LogP contribution is -2.45. The van der Waals surface area contributed by atoms with Crippen molar-refractivity contribution in [1.29, 1.82) is 5.41 Å². The maximum absolute atomic E-state index is 11.7. The first kappa shape index (κ1) is 16.3. The number of amides is 1. The highest BCUT2D eigenvalue weighted by atomic mass is 16.5. The normalized spacial score (nSPS) is 14.5. The van der Waals surface area contributed by atoms with Gasteiger partial charge in [-0.05, 0) is 43.4 Å². The minimum Gasteiger partial charge on any atom is -0.444 e. The van der Waals surface area contributed by atoms with E-state index in [1.807, 2.05) is 29.2 Å². The molecule has 0 aliphatic carbocycles. The fraction of sp³-hybridized carbons (Fsp3) is 0.500. The Morgan fingerprint density at radius 1 is 1.18 bits per heavy atom. The molecule has 0 spiro atoms. The number of nitrogens with two attached hydrogens (primary N) is 1. The lowest BCUT2D eigenvalue weighted by Gasteiger charge is -2.28. The quantitative estimate of drug-likeness (QED) is 0.584. The smallest absolute Gasteiger partial charge is 0.414 e.